The van der Waals surface area contributed by atoms with E-state index in [0.717, 1.165) is 22.1 Å². The van der Waals surface area contributed by atoms with Gasteiger partial charge in [0.05, 0.1) is 11.8 Å². The highest BCUT2D eigenvalue weighted by Gasteiger charge is 2.40. The number of ether oxygens (including phenoxy) is 1. The Morgan fingerprint density at radius 2 is 2.00 bits per heavy atom. The molecule has 1 aliphatic rings. The Bertz CT molecular complexity index is 1340. The molecule has 1 N–H and O–H groups in total. The summed E-state index contributed by atoms with van der Waals surface area (Å²) in [7, 11) is -4.17. The van der Waals surface area contributed by atoms with Crippen molar-refractivity contribution in [2.45, 2.75) is 17.4 Å². The van der Waals surface area contributed by atoms with Crippen LogP contribution in [-0.4, -0.2) is 35.3 Å². The van der Waals surface area contributed by atoms with E-state index in [4.69, 9.17) is 10.00 Å². The molecule has 3 aromatic rings. The molecule has 32 heavy (non-hydrogen) atoms. The van der Waals surface area contributed by atoms with Crippen molar-refractivity contribution in [1.29, 1.82) is 5.26 Å². The minimum atomic E-state index is -4.17. The molecule has 1 unspecified atom stereocenters. The van der Waals surface area contributed by atoms with Gasteiger partial charge < -0.3 is 9.84 Å². The molecular weight excluding hydrogens is 437 g/mol. The van der Waals surface area contributed by atoms with E-state index >= 15 is 0 Å². The van der Waals surface area contributed by atoms with Gasteiger partial charge >= 0.3 is 5.97 Å². The number of sulfonamides is 1. The maximum absolute atomic E-state index is 13.7. The van der Waals surface area contributed by atoms with E-state index in [1.165, 1.54) is 24.3 Å². The van der Waals surface area contributed by atoms with Crippen LogP contribution in [0.1, 0.15) is 22.7 Å². The number of nitrogens with zero attached hydrogens (tertiary/aromatic N) is 3. The quantitative estimate of drug-likeness (QED) is 0.629. The van der Waals surface area contributed by atoms with Crippen molar-refractivity contribution in [3.8, 4) is 17.7 Å². The third kappa shape index (κ3) is 3.91. The number of pyridine rings is 1. The average molecular weight is 453 g/mol. The molecule has 0 radical (unpaired) electrons. The lowest BCUT2D eigenvalue weighted by Crippen LogP contribution is -2.43. The molecule has 8 nitrogen and oxygen atoms in total. The number of hydrogen-bond donors (Lipinski definition) is 1. The van der Waals surface area contributed by atoms with Gasteiger partial charge in [-0.05, 0) is 35.7 Å². The summed E-state index contributed by atoms with van der Waals surface area (Å²) in [6, 6.07) is 13.4. The highest BCUT2D eigenvalue weighted by molar-refractivity contribution is 7.89. The Balaban J connectivity index is 1.60. The molecule has 0 aliphatic carbocycles. The van der Waals surface area contributed by atoms with Crippen LogP contribution >= 0.6 is 0 Å². The van der Waals surface area contributed by atoms with Crippen molar-refractivity contribution in [2.75, 3.05) is 6.54 Å². The number of hydrogen-bond acceptors (Lipinski definition) is 6. The first-order chi connectivity index (χ1) is 15.3. The summed E-state index contributed by atoms with van der Waals surface area (Å²) in [6.07, 6.45) is 1.45. The topological polar surface area (TPSA) is 121 Å². The SMILES string of the molecule is N#Cc1ccc(Oc2ccc(S(=O)(=O)N3CCc4ccccc4C3C(=O)O)cn2)cc1F. The molecule has 0 spiro atoms. The number of aliphatic carboxylic acids is 1. The minimum absolute atomic E-state index is 0.00633. The summed E-state index contributed by atoms with van der Waals surface area (Å²) < 4.78 is 46.5. The van der Waals surface area contributed by atoms with Crippen LogP contribution in [0.3, 0.4) is 0 Å². The lowest BCUT2D eigenvalue weighted by molar-refractivity contribution is -0.142. The lowest BCUT2D eigenvalue weighted by atomic mass is 9.94. The van der Waals surface area contributed by atoms with E-state index in [1.807, 2.05) is 0 Å². The molecule has 0 amide bonds. The van der Waals surface area contributed by atoms with E-state index in [0.29, 0.717) is 12.0 Å². The number of halogens is 1. The van der Waals surface area contributed by atoms with E-state index in [1.54, 1.807) is 30.3 Å². The molecule has 1 aromatic heterocycles. The summed E-state index contributed by atoms with van der Waals surface area (Å²) in [5.41, 5.74) is 1.09. The van der Waals surface area contributed by atoms with Crippen LogP contribution < -0.4 is 4.74 Å². The molecule has 0 fully saturated rings. The summed E-state index contributed by atoms with van der Waals surface area (Å²) in [5.74, 6) is -1.93. The number of carbonyl (C=O) groups is 1. The number of rotatable bonds is 5. The predicted octanol–water partition coefficient (Wildman–Crippen LogP) is 3.26. The van der Waals surface area contributed by atoms with E-state index in [9.17, 15) is 22.7 Å². The summed E-state index contributed by atoms with van der Waals surface area (Å²) in [5, 5.41) is 18.5. The van der Waals surface area contributed by atoms with Crippen molar-refractivity contribution in [3.05, 3.63) is 83.3 Å². The van der Waals surface area contributed by atoms with Gasteiger partial charge in [-0.15, -0.1) is 0 Å². The molecule has 0 saturated carbocycles. The zero-order valence-electron chi connectivity index (χ0n) is 16.5. The van der Waals surface area contributed by atoms with Gasteiger partial charge in [-0.3, -0.25) is 4.79 Å². The maximum atomic E-state index is 13.7. The van der Waals surface area contributed by atoms with Crippen molar-refractivity contribution in [2.24, 2.45) is 0 Å². The third-order valence-electron chi connectivity index (χ3n) is 5.07. The van der Waals surface area contributed by atoms with Crippen molar-refractivity contribution < 1.29 is 27.4 Å². The second-order valence-corrected chi connectivity index (χ2v) is 8.88. The van der Waals surface area contributed by atoms with Gasteiger partial charge in [0.2, 0.25) is 15.9 Å². The van der Waals surface area contributed by atoms with Crippen LogP contribution in [0.25, 0.3) is 0 Å². The number of carboxylic acid groups (broad SMARTS) is 1. The number of carboxylic acids is 1. The molecule has 10 heteroatoms. The van der Waals surface area contributed by atoms with Crippen LogP contribution in [0.4, 0.5) is 4.39 Å². The van der Waals surface area contributed by atoms with Crippen LogP contribution in [0.5, 0.6) is 11.6 Å². The third-order valence-corrected chi connectivity index (χ3v) is 6.92. The van der Waals surface area contributed by atoms with Gasteiger partial charge in [-0.25, -0.2) is 17.8 Å². The van der Waals surface area contributed by atoms with Gasteiger partial charge in [-0.1, -0.05) is 24.3 Å². The van der Waals surface area contributed by atoms with Crippen molar-refractivity contribution in [3.63, 3.8) is 0 Å². The Hall–Kier alpha value is -3.81. The summed E-state index contributed by atoms with van der Waals surface area (Å²) in [6.45, 7) is 0.0130. The van der Waals surface area contributed by atoms with Gasteiger partial charge in [-0.2, -0.15) is 9.57 Å². The fraction of sp³-hybridized carbons (Fsp3) is 0.136. The fourth-order valence-electron chi connectivity index (χ4n) is 3.54. The van der Waals surface area contributed by atoms with Crippen molar-refractivity contribution in [1.82, 2.24) is 9.29 Å². The highest BCUT2D eigenvalue weighted by atomic mass is 32.2. The first-order valence-electron chi connectivity index (χ1n) is 9.47. The normalized spacial score (nSPS) is 16.1. The maximum Gasteiger partial charge on any atom is 0.326 e. The van der Waals surface area contributed by atoms with Gasteiger partial charge in [0, 0.05) is 18.7 Å². The second-order valence-electron chi connectivity index (χ2n) is 6.99. The van der Waals surface area contributed by atoms with Crippen LogP contribution in [0, 0.1) is 17.1 Å². The number of aromatic nitrogens is 1. The van der Waals surface area contributed by atoms with E-state index in [-0.39, 0.29) is 28.6 Å². The lowest BCUT2D eigenvalue weighted by Gasteiger charge is -2.33. The average Bonchev–Trinajstić information content (AvgIpc) is 2.78. The van der Waals surface area contributed by atoms with Crippen LogP contribution in [0.2, 0.25) is 0 Å². The molecule has 2 heterocycles. The minimum Gasteiger partial charge on any atom is -0.480 e. The Morgan fingerprint density at radius 3 is 2.66 bits per heavy atom. The first kappa shape index (κ1) is 21.4. The van der Waals surface area contributed by atoms with Gasteiger partial charge in [0.15, 0.2) is 0 Å². The molecule has 1 atom stereocenters. The Morgan fingerprint density at radius 1 is 1.22 bits per heavy atom. The Labute approximate surface area is 183 Å². The standard InChI is InChI=1S/C22H16FN3O5S/c23-19-11-16(6-5-15(19)12-24)31-20-8-7-17(13-25-20)32(29,30)26-10-9-14-3-1-2-4-18(14)21(26)22(27)28/h1-8,11,13,21H,9-10H2,(H,27,28). The zero-order chi connectivity index (χ0) is 22.9. The largest absolute Gasteiger partial charge is 0.480 e. The van der Waals surface area contributed by atoms with E-state index in [2.05, 4.69) is 4.98 Å². The van der Waals surface area contributed by atoms with Crippen LogP contribution in [0.15, 0.2) is 65.7 Å². The molecular formula is C22H16FN3O5S. The number of nitriles is 1. The molecule has 1 aliphatic heterocycles. The fourth-order valence-corrected chi connectivity index (χ4v) is 5.05. The monoisotopic (exact) mass is 453 g/mol. The van der Waals surface area contributed by atoms with Crippen LogP contribution in [-0.2, 0) is 21.2 Å². The summed E-state index contributed by atoms with van der Waals surface area (Å²) >= 11 is 0. The molecule has 0 saturated heterocycles. The van der Waals surface area contributed by atoms with Gasteiger partial charge in [0.1, 0.15) is 28.6 Å². The molecule has 0 bridgehead atoms. The van der Waals surface area contributed by atoms with E-state index < -0.39 is 27.9 Å². The number of fused-ring (bicyclic) bond motifs is 1. The smallest absolute Gasteiger partial charge is 0.326 e. The zero-order valence-corrected chi connectivity index (χ0v) is 17.3. The van der Waals surface area contributed by atoms with Crippen molar-refractivity contribution >= 4 is 16.0 Å². The Kier molecular flexibility index (Phi) is 5.61. The summed E-state index contributed by atoms with van der Waals surface area (Å²) in [4.78, 5) is 15.7. The number of benzene rings is 2. The predicted molar refractivity (Wildman–Crippen MR) is 110 cm³/mol. The molecule has 162 valence electrons. The second kappa shape index (κ2) is 8.37. The molecule has 4 rings (SSSR count). The van der Waals surface area contributed by atoms with Gasteiger partial charge in [0.25, 0.3) is 0 Å². The molecule has 2 aromatic carbocycles. The highest BCUT2D eigenvalue weighted by Crippen LogP contribution is 2.34. The first-order valence-corrected chi connectivity index (χ1v) is 10.9.